The van der Waals surface area contributed by atoms with E-state index in [1.165, 1.54) is 7.11 Å². The molecule has 0 heterocycles. The first-order valence-electron chi connectivity index (χ1n) is 5.44. The van der Waals surface area contributed by atoms with Crippen molar-refractivity contribution in [3.63, 3.8) is 0 Å². The predicted molar refractivity (Wildman–Crippen MR) is 73.0 cm³/mol. The van der Waals surface area contributed by atoms with Crippen molar-refractivity contribution >= 4 is 27.6 Å². The topological polar surface area (TPSA) is 38.3 Å². The minimum Gasteiger partial charge on any atom is -0.467 e. The van der Waals surface area contributed by atoms with E-state index in [4.69, 9.17) is 4.74 Å². The smallest absolute Gasteiger partial charge is 0.328 e. The fourth-order valence-electron chi connectivity index (χ4n) is 1.49. The van der Waals surface area contributed by atoms with Gasteiger partial charge in [-0.3, -0.25) is 0 Å². The van der Waals surface area contributed by atoms with Gasteiger partial charge >= 0.3 is 5.97 Å². The summed E-state index contributed by atoms with van der Waals surface area (Å²) in [6.45, 7) is 6.00. The van der Waals surface area contributed by atoms with Crippen LogP contribution in [-0.4, -0.2) is 19.1 Å². The van der Waals surface area contributed by atoms with E-state index in [1.807, 2.05) is 45.0 Å². The Labute approximate surface area is 111 Å². The Kier molecular flexibility index (Phi) is 4.57. The fraction of sp³-hybridized carbons (Fsp3) is 0.462. The molecule has 94 valence electrons. The van der Waals surface area contributed by atoms with Crippen LogP contribution in [0.15, 0.2) is 28.7 Å². The van der Waals surface area contributed by atoms with E-state index < -0.39 is 0 Å². The first-order chi connectivity index (χ1) is 7.84. The van der Waals surface area contributed by atoms with Crippen LogP contribution in [-0.2, 0) is 9.53 Å². The van der Waals surface area contributed by atoms with E-state index in [-0.39, 0.29) is 17.4 Å². The number of anilines is 1. The van der Waals surface area contributed by atoms with Crippen LogP contribution in [0.1, 0.15) is 20.8 Å². The molecule has 3 nitrogen and oxygen atoms in total. The van der Waals surface area contributed by atoms with Gasteiger partial charge < -0.3 is 10.1 Å². The molecule has 0 radical (unpaired) electrons. The van der Waals surface area contributed by atoms with E-state index in [0.29, 0.717) is 0 Å². The van der Waals surface area contributed by atoms with Crippen LogP contribution in [0.4, 0.5) is 5.69 Å². The van der Waals surface area contributed by atoms with Gasteiger partial charge in [-0.15, -0.1) is 0 Å². The largest absolute Gasteiger partial charge is 0.467 e. The second kappa shape index (κ2) is 5.54. The number of ether oxygens (including phenoxy) is 1. The van der Waals surface area contributed by atoms with Gasteiger partial charge in [0.15, 0.2) is 0 Å². The fourth-order valence-corrected chi connectivity index (χ4v) is 1.89. The van der Waals surface area contributed by atoms with E-state index in [2.05, 4.69) is 21.2 Å². The highest BCUT2D eigenvalue weighted by atomic mass is 79.9. The van der Waals surface area contributed by atoms with Crippen LogP contribution in [0.5, 0.6) is 0 Å². The molecule has 0 amide bonds. The summed E-state index contributed by atoms with van der Waals surface area (Å²) in [5.74, 6) is -0.252. The molecular weight excluding hydrogens is 282 g/mol. The average molecular weight is 300 g/mol. The van der Waals surface area contributed by atoms with Crippen LogP contribution in [0.25, 0.3) is 0 Å². The van der Waals surface area contributed by atoms with Crippen molar-refractivity contribution in [2.24, 2.45) is 5.41 Å². The third-order valence-electron chi connectivity index (χ3n) is 2.44. The number of carbonyl (C=O) groups excluding carboxylic acids is 1. The molecule has 0 bridgehead atoms. The van der Waals surface area contributed by atoms with Crippen molar-refractivity contribution in [1.82, 2.24) is 0 Å². The quantitative estimate of drug-likeness (QED) is 0.869. The van der Waals surface area contributed by atoms with Crippen molar-refractivity contribution in [2.45, 2.75) is 26.8 Å². The molecule has 1 atom stereocenters. The summed E-state index contributed by atoms with van der Waals surface area (Å²) >= 11 is 3.40. The Morgan fingerprint density at radius 3 is 2.53 bits per heavy atom. The Balaban J connectivity index is 2.91. The number of hydrogen-bond donors (Lipinski definition) is 1. The predicted octanol–water partition coefficient (Wildman–Crippen LogP) is 3.45. The van der Waals surface area contributed by atoms with Crippen LogP contribution >= 0.6 is 15.9 Å². The second-order valence-electron chi connectivity index (χ2n) is 4.98. The highest BCUT2D eigenvalue weighted by molar-refractivity contribution is 9.10. The molecule has 1 rings (SSSR count). The molecule has 1 N–H and O–H groups in total. The number of halogens is 1. The molecule has 0 aromatic heterocycles. The molecule has 1 unspecified atom stereocenters. The summed E-state index contributed by atoms with van der Waals surface area (Å²) in [4.78, 5) is 11.8. The van der Waals surface area contributed by atoms with Gasteiger partial charge in [-0.05, 0) is 23.6 Å². The summed E-state index contributed by atoms with van der Waals surface area (Å²) in [5.41, 5.74) is 0.680. The number of rotatable bonds is 3. The molecule has 0 aliphatic rings. The second-order valence-corrected chi connectivity index (χ2v) is 5.89. The first-order valence-corrected chi connectivity index (χ1v) is 6.24. The Morgan fingerprint density at radius 1 is 1.41 bits per heavy atom. The van der Waals surface area contributed by atoms with Crippen molar-refractivity contribution in [2.75, 3.05) is 12.4 Å². The molecule has 1 aromatic carbocycles. The summed E-state index contributed by atoms with van der Waals surface area (Å²) < 4.78 is 5.80. The normalized spacial score (nSPS) is 13.0. The molecular formula is C13H18BrNO2. The number of hydrogen-bond acceptors (Lipinski definition) is 3. The maximum absolute atomic E-state index is 11.8. The Morgan fingerprint density at radius 2 is 2.06 bits per heavy atom. The lowest BCUT2D eigenvalue weighted by molar-refractivity contribution is -0.143. The molecule has 17 heavy (non-hydrogen) atoms. The monoisotopic (exact) mass is 299 g/mol. The van der Waals surface area contributed by atoms with Crippen molar-refractivity contribution < 1.29 is 9.53 Å². The number of nitrogens with one attached hydrogen (secondary N) is 1. The van der Waals surface area contributed by atoms with Crippen molar-refractivity contribution in [3.8, 4) is 0 Å². The van der Waals surface area contributed by atoms with Crippen molar-refractivity contribution in [3.05, 3.63) is 28.7 Å². The number of esters is 1. The molecule has 0 saturated heterocycles. The zero-order valence-electron chi connectivity index (χ0n) is 10.6. The van der Waals surface area contributed by atoms with Crippen LogP contribution in [0.2, 0.25) is 0 Å². The Bertz CT molecular complexity index is 399. The standard InChI is InChI=1S/C13H18BrNO2/c1-13(2,3)11(12(16)17-4)15-10-7-5-6-9(14)8-10/h5-8,11,15H,1-4H3. The zero-order valence-corrected chi connectivity index (χ0v) is 12.2. The lowest BCUT2D eigenvalue weighted by atomic mass is 9.86. The molecule has 0 spiro atoms. The number of methoxy groups -OCH3 is 1. The summed E-state index contributed by atoms with van der Waals surface area (Å²) in [6, 6.07) is 7.34. The van der Waals surface area contributed by atoms with Gasteiger partial charge in [0.1, 0.15) is 6.04 Å². The maximum atomic E-state index is 11.8. The van der Waals surface area contributed by atoms with E-state index in [1.54, 1.807) is 0 Å². The first kappa shape index (κ1) is 14.0. The zero-order chi connectivity index (χ0) is 13.1. The molecule has 1 aromatic rings. The minimum absolute atomic E-state index is 0.213. The lowest BCUT2D eigenvalue weighted by Crippen LogP contribution is -2.41. The van der Waals surface area contributed by atoms with E-state index in [9.17, 15) is 4.79 Å². The number of benzene rings is 1. The number of carbonyl (C=O) groups is 1. The third kappa shape index (κ3) is 4.04. The van der Waals surface area contributed by atoms with Gasteiger partial charge in [0, 0.05) is 10.2 Å². The molecule has 0 fully saturated rings. The average Bonchev–Trinajstić information content (AvgIpc) is 2.23. The lowest BCUT2D eigenvalue weighted by Gasteiger charge is -2.29. The summed E-state index contributed by atoms with van der Waals surface area (Å²) in [5, 5.41) is 3.21. The van der Waals surface area contributed by atoms with Gasteiger partial charge in [0.25, 0.3) is 0 Å². The summed E-state index contributed by atoms with van der Waals surface area (Å²) in [7, 11) is 1.41. The minimum atomic E-state index is -0.373. The highest BCUT2D eigenvalue weighted by Crippen LogP contribution is 2.25. The maximum Gasteiger partial charge on any atom is 0.328 e. The highest BCUT2D eigenvalue weighted by Gasteiger charge is 2.32. The molecule has 0 saturated carbocycles. The van der Waals surface area contributed by atoms with Gasteiger partial charge in [0.05, 0.1) is 7.11 Å². The summed E-state index contributed by atoms with van der Waals surface area (Å²) in [6.07, 6.45) is 0. The van der Waals surface area contributed by atoms with Gasteiger partial charge in [-0.1, -0.05) is 42.8 Å². The van der Waals surface area contributed by atoms with Crippen LogP contribution in [0, 0.1) is 5.41 Å². The Hall–Kier alpha value is -1.03. The molecule has 0 aliphatic carbocycles. The van der Waals surface area contributed by atoms with E-state index >= 15 is 0 Å². The van der Waals surface area contributed by atoms with Gasteiger partial charge in [-0.2, -0.15) is 0 Å². The van der Waals surface area contributed by atoms with Gasteiger partial charge in [0.2, 0.25) is 0 Å². The molecule has 4 heteroatoms. The van der Waals surface area contributed by atoms with Crippen LogP contribution < -0.4 is 5.32 Å². The third-order valence-corrected chi connectivity index (χ3v) is 2.93. The molecule has 0 aliphatic heterocycles. The van der Waals surface area contributed by atoms with Crippen molar-refractivity contribution in [1.29, 1.82) is 0 Å². The van der Waals surface area contributed by atoms with Gasteiger partial charge in [-0.25, -0.2) is 4.79 Å². The van der Waals surface area contributed by atoms with Crippen LogP contribution in [0.3, 0.4) is 0 Å². The SMILES string of the molecule is COC(=O)C(Nc1cccc(Br)c1)C(C)(C)C. The van der Waals surface area contributed by atoms with E-state index in [0.717, 1.165) is 10.2 Å².